The summed E-state index contributed by atoms with van der Waals surface area (Å²) in [7, 11) is 2.77. The molecule has 1 amide bonds. The molecule has 6 nitrogen and oxygen atoms in total. The fourth-order valence-electron chi connectivity index (χ4n) is 1.30. The van der Waals surface area contributed by atoms with Gasteiger partial charge in [-0.25, -0.2) is 10.2 Å². The van der Waals surface area contributed by atoms with Crippen LogP contribution in [0.25, 0.3) is 0 Å². The number of nitrogens with zero attached hydrogens (tertiary/aromatic N) is 1. The van der Waals surface area contributed by atoms with E-state index in [1.807, 2.05) is 6.92 Å². The molecule has 0 saturated carbocycles. The molecule has 7 heteroatoms. The van der Waals surface area contributed by atoms with Gasteiger partial charge in [0.15, 0.2) is 11.5 Å². The lowest BCUT2D eigenvalue weighted by molar-refractivity contribution is 0.171. The number of amides is 1. The van der Waals surface area contributed by atoms with Crippen molar-refractivity contribution in [3.05, 3.63) is 22.7 Å². The van der Waals surface area contributed by atoms with Crippen LogP contribution in [0.3, 0.4) is 0 Å². The average Bonchev–Trinajstić information content (AvgIpc) is 2.41. The molecular formula is C12H15ClN2O4. The molecule has 0 radical (unpaired) electrons. The monoisotopic (exact) mass is 286 g/mol. The SMILES string of the molecule is CCOc1c(Cl)cc(/C=N\NC(=O)OC)cc1OC. The number of rotatable bonds is 5. The molecule has 1 aromatic carbocycles. The van der Waals surface area contributed by atoms with E-state index in [1.54, 1.807) is 12.1 Å². The van der Waals surface area contributed by atoms with E-state index in [4.69, 9.17) is 21.1 Å². The van der Waals surface area contributed by atoms with Crippen LogP contribution in [0.5, 0.6) is 11.5 Å². The highest BCUT2D eigenvalue weighted by molar-refractivity contribution is 6.32. The maximum absolute atomic E-state index is 10.8. The van der Waals surface area contributed by atoms with Gasteiger partial charge in [0.1, 0.15) is 0 Å². The van der Waals surface area contributed by atoms with Crippen LogP contribution in [-0.4, -0.2) is 33.1 Å². The third-order valence-corrected chi connectivity index (χ3v) is 2.38. The van der Waals surface area contributed by atoms with Crippen LogP contribution in [0.1, 0.15) is 12.5 Å². The van der Waals surface area contributed by atoms with Crippen molar-refractivity contribution in [2.75, 3.05) is 20.8 Å². The van der Waals surface area contributed by atoms with Gasteiger partial charge in [0, 0.05) is 0 Å². The zero-order valence-electron chi connectivity index (χ0n) is 10.9. The Labute approximate surface area is 116 Å². The largest absolute Gasteiger partial charge is 0.493 e. The van der Waals surface area contributed by atoms with Crippen molar-refractivity contribution in [3.63, 3.8) is 0 Å². The van der Waals surface area contributed by atoms with Crippen LogP contribution in [0, 0.1) is 0 Å². The van der Waals surface area contributed by atoms with E-state index in [0.717, 1.165) is 0 Å². The molecule has 0 aliphatic heterocycles. The van der Waals surface area contributed by atoms with Crippen molar-refractivity contribution in [1.82, 2.24) is 5.43 Å². The number of benzene rings is 1. The number of nitrogens with one attached hydrogen (secondary N) is 1. The zero-order valence-corrected chi connectivity index (χ0v) is 11.7. The summed E-state index contributed by atoms with van der Waals surface area (Å²) < 4.78 is 14.9. The van der Waals surface area contributed by atoms with Gasteiger partial charge in [0.2, 0.25) is 0 Å². The van der Waals surface area contributed by atoms with E-state index in [-0.39, 0.29) is 0 Å². The molecule has 0 saturated heterocycles. The predicted molar refractivity (Wildman–Crippen MR) is 72.3 cm³/mol. The van der Waals surface area contributed by atoms with Gasteiger partial charge in [-0.1, -0.05) is 11.6 Å². The minimum Gasteiger partial charge on any atom is -0.493 e. The molecule has 1 rings (SSSR count). The molecule has 0 heterocycles. The van der Waals surface area contributed by atoms with Crippen LogP contribution < -0.4 is 14.9 Å². The fourth-order valence-corrected chi connectivity index (χ4v) is 1.58. The van der Waals surface area contributed by atoms with E-state index in [9.17, 15) is 4.79 Å². The van der Waals surface area contributed by atoms with Gasteiger partial charge in [-0.2, -0.15) is 5.10 Å². The molecule has 0 fully saturated rings. The number of halogens is 1. The van der Waals surface area contributed by atoms with E-state index >= 15 is 0 Å². The minimum absolute atomic E-state index is 0.403. The van der Waals surface area contributed by atoms with E-state index < -0.39 is 6.09 Å². The average molecular weight is 287 g/mol. The van der Waals surface area contributed by atoms with Crippen LogP contribution in [0.2, 0.25) is 5.02 Å². The molecule has 19 heavy (non-hydrogen) atoms. The standard InChI is InChI=1S/C12H15ClN2O4/c1-4-19-11-9(13)5-8(6-10(11)17-2)7-14-15-12(16)18-3/h5-7H,4H2,1-3H3,(H,15,16)/b14-7-. The lowest BCUT2D eigenvalue weighted by Gasteiger charge is -2.11. The fraction of sp³-hybridized carbons (Fsp3) is 0.333. The van der Waals surface area contributed by atoms with Crippen LogP contribution >= 0.6 is 11.6 Å². The third-order valence-electron chi connectivity index (χ3n) is 2.10. The molecular weight excluding hydrogens is 272 g/mol. The first-order chi connectivity index (χ1) is 9.12. The van der Waals surface area contributed by atoms with Crippen molar-refractivity contribution in [1.29, 1.82) is 0 Å². The first-order valence-corrected chi connectivity index (χ1v) is 5.87. The molecule has 0 aromatic heterocycles. The van der Waals surface area contributed by atoms with Gasteiger partial charge >= 0.3 is 6.09 Å². The second-order valence-electron chi connectivity index (χ2n) is 3.33. The van der Waals surface area contributed by atoms with Crippen molar-refractivity contribution < 1.29 is 19.0 Å². The maximum atomic E-state index is 10.8. The molecule has 0 unspecified atom stereocenters. The summed E-state index contributed by atoms with van der Waals surface area (Å²) in [6.07, 6.45) is 0.765. The maximum Gasteiger partial charge on any atom is 0.427 e. The summed E-state index contributed by atoms with van der Waals surface area (Å²) in [5, 5.41) is 4.10. The van der Waals surface area contributed by atoms with Crippen LogP contribution in [0.15, 0.2) is 17.2 Å². The number of hydrazone groups is 1. The second-order valence-corrected chi connectivity index (χ2v) is 3.74. The molecule has 0 spiro atoms. The molecule has 1 aromatic rings. The smallest absolute Gasteiger partial charge is 0.427 e. The lowest BCUT2D eigenvalue weighted by Crippen LogP contribution is -2.16. The van der Waals surface area contributed by atoms with Gasteiger partial charge in [-0.3, -0.25) is 0 Å². The van der Waals surface area contributed by atoms with Crippen LogP contribution in [-0.2, 0) is 4.74 Å². The van der Waals surface area contributed by atoms with Gasteiger partial charge in [0.05, 0.1) is 32.1 Å². The van der Waals surface area contributed by atoms with Gasteiger partial charge in [-0.05, 0) is 24.6 Å². The number of hydrogen-bond donors (Lipinski definition) is 1. The molecule has 1 N–H and O–H groups in total. The van der Waals surface area contributed by atoms with Gasteiger partial charge < -0.3 is 14.2 Å². The van der Waals surface area contributed by atoms with Gasteiger partial charge in [-0.15, -0.1) is 0 Å². The molecule has 0 aliphatic carbocycles. The summed E-state index contributed by atoms with van der Waals surface area (Å²) in [6, 6.07) is 3.34. The Morgan fingerprint density at radius 1 is 1.47 bits per heavy atom. The Bertz CT molecular complexity index is 477. The summed E-state index contributed by atoms with van der Waals surface area (Å²) in [5.74, 6) is 0.971. The predicted octanol–water partition coefficient (Wildman–Crippen LogP) is 2.44. The number of hydrogen-bond acceptors (Lipinski definition) is 5. The number of ether oxygens (including phenoxy) is 3. The highest BCUT2D eigenvalue weighted by Gasteiger charge is 2.10. The molecule has 104 valence electrons. The van der Waals surface area contributed by atoms with Crippen molar-refractivity contribution in [2.24, 2.45) is 5.10 Å². The Hall–Kier alpha value is -1.95. The highest BCUT2D eigenvalue weighted by Crippen LogP contribution is 2.35. The third kappa shape index (κ3) is 4.33. The molecule has 0 aliphatic rings. The summed E-state index contributed by atoms with van der Waals surface area (Å²) >= 11 is 6.08. The topological polar surface area (TPSA) is 69.2 Å². The van der Waals surface area contributed by atoms with E-state index in [1.165, 1.54) is 20.4 Å². The first kappa shape index (κ1) is 15.1. The first-order valence-electron chi connectivity index (χ1n) is 5.49. The quantitative estimate of drug-likeness (QED) is 0.667. The zero-order chi connectivity index (χ0) is 14.3. The molecule has 0 atom stereocenters. The summed E-state index contributed by atoms with van der Waals surface area (Å²) in [4.78, 5) is 10.8. The lowest BCUT2D eigenvalue weighted by atomic mass is 10.2. The molecule has 0 bridgehead atoms. The van der Waals surface area contributed by atoms with Crippen LogP contribution in [0.4, 0.5) is 4.79 Å². The van der Waals surface area contributed by atoms with E-state index in [0.29, 0.717) is 28.7 Å². The normalized spacial score (nSPS) is 10.3. The summed E-state index contributed by atoms with van der Waals surface area (Å²) in [6.45, 7) is 2.33. The number of carbonyl (C=O) groups excluding carboxylic acids is 1. The van der Waals surface area contributed by atoms with Gasteiger partial charge in [0.25, 0.3) is 0 Å². The van der Waals surface area contributed by atoms with Crippen molar-refractivity contribution in [2.45, 2.75) is 6.92 Å². The van der Waals surface area contributed by atoms with Crippen molar-refractivity contribution in [3.8, 4) is 11.5 Å². The number of carbonyl (C=O) groups is 1. The Morgan fingerprint density at radius 3 is 2.79 bits per heavy atom. The minimum atomic E-state index is -0.653. The van der Waals surface area contributed by atoms with E-state index in [2.05, 4.69) is 15.3 Å². The highest BCUT2D eigenvalue weighted by atomic mass is 35.5. The second kappa shape index (κ2) is 7.48. The number of methoxy groups -OCH3 is 2. The Kier molecular flexibility index (Phi) is 5.95. The summed E-state index contributed by atoms with van der Waals surface area (Å²) in [5.41, 5.74) is 2.83. The van der Waals surface area contributed by atoms with Crippen molar-refractivity contribution >= 4 is 23.9 Å². The Morgan fingerprint density at radius 2 is 2.21 bits per heavy atom. The Balaban J connectivity index is 2.92.